The van der Waals surface area contributed by atoms with E-state index < -0.39 is 0 Å². The molecule has 2 N–H and O–H groups in total. The van der Waals surface area contributed by atoms with Crippen LogP contribution in [0.25, 0.3) is 0 Å². The molecule has 17 heavy (non-hydrogen) atoms. The average Bonchev–Trinajstić information content (AvgIpc) is 2.39. The summed E-state index contributed by atoms with van der Waals surface area (Å²) in [6.45, 7) is 0.609. The summed E-state index contributed by atoms with van der Waals surface area (Å²) in [5.74, 6) is 0. The first kappa shape index (κ1) is 11.5. The molecule has 2 aromatic rings. The van der Waals surface area contributed by atoms with Crippen LogP contribution in [0.4, 0.5) is 5.69 Å². The largest absolute Gasteiger partial charge is 0.357 e. The molecule has 0 saturated carbocycles. The molecule has 0 aromatic carbocycles. The second-order valence-electron chi connectivity index (χ2n) is 3.36. The zero-order chi connectivity index (χ0) is 11.9. The van der Waals surface area contributed by atoms with E-state index in [0.29, 0.717) is 11.7 Å². The number of anilines is 1. The van der Waals surface area contributed by atoms with Crippen LogP contribution in [0.5, 0.6) is 0 Å². The molecule has 0 saturated heterocycles. The maximum absolute atomic E-state index is 5.16. The van der Waals surface area contributed by atoms with Gasteiger partial charge in [-0.15, -0.1) is 0 Å². The average molecular weight is 244 g/mol. The summed E-state index contributed by atoms with van der Waals surface area (Å²) in [6.07, 6.45) is 5.18. The third-order valence-corrected chi connectivity index (χ3v) is 2.34. The second kappa shape index (κ2) is 5.91. The Morgan fingerprint density at radius 2 is 1.94 bits per heavy atom. The van der Waals surface area contributed by atoms with Gasteiger partial charge in [0.25, 0.3) is 0 Å². The van der Waals surface area contributed by atoms with E-state index in [9.17, 15) is 0 Å². The van der Waals surface area contributed by atoms with Crippen molar-refractivity contribution < 1.29 is 0 Å². The predicted molar refractivity (Wildman–Crippen MR) is 71.5 cm³/mol. The molecule has 0 fully saturated rings. The Hall–Kier alpha value is -2.01. The molecule has 0 spiro atoms. The highest BCUT2D eigenvalue weighted by molar-refractivity contribution is 7.80. The molecule has 0 aliphatic rings. The van der Waals surface area contributed by atoms with Crippen molar-refractivity contribution in [1.82, 2.24) is 15.3 Å². The summed E-state index contributed by atoms with van der Waals surface area (Å²) in [6, 6.07) is 9.49. The molecular weight excluding hydrogens is 232 g/mol. The highest BCUT2D eigenvalue weighted by atomic mass is 32.1. The number of aromatic nitrogens is 2. The van der Waals surface area contributed by atoms with Crippen molar-refractivity contribution in [3.8, 4) is 0 Å². The van der Waals surface area contributed by atoms with Gasteiger partial charge in [-0.2, -0.15) is 0 Å². The molecular formula is C12H12N4S. The fraction of sp³-hybridized carbons (Fsp3) is 0.0833. The lowest BCUT2D eigenvalue weighted by atomic mass is 10.3. The van der Waals surface area contributed by atoms with E-state index in [1.54, 1.807) is 18.6 Å². The molecule has 0 amide bonds. The Morgan fingerprint density at radius 3 is 2.65 bits per heavy atom. The summed E-state index contributed by atoms with van der Waals surface area (Å²) in [7, 11) is 0. The van der Waals surface area contributed by atoms with E-state index in [2.05, 4.69) is 20.6 Å². The quantitative estimate of drug-likeness (QED) is 0.808. The number of nitrogens with zero attached hydrogens (tertiary/aromatic N) is 2. The van der Waals surface area contributed by atoms with Crippen molar-refractivity contribution in [2.75, 3.05) is 5.32 Å². The van der Waals surface area contributed by atoms with Gasteiger partial charge in [0.1, 0.15) is 0 Å². The number of hydrogen-bond acceptors (Lipinski definition) is 3. The van der Waals surface area contributed by atoms with Crippen molar-refractivity contribution in [3.05, 3.63) is 54.6 Å². The van der Waals surface area contributed by atoms with E-state index in [1.807, 2.05) is 30.3 Å². The van der Waals surface area contributed by atoms with Crippen LogP contribution in [0.3, 0.4) is 0 Å². The van der Waals surface area contributed by atoms with E-state index in [0.717, 1.165) is 11.4 Å². The molecule has 2 aromatic heterocycles. The fourth-order valence-electron chi connectivity index (χ4n) is 1.28. The Balaban J connectivity index is 1.83. The number of thiocarbonyl (C=S) groups is 1. The molecule has 0 aliphatic heterocycles. The van der Waals surface area contributed by atoms with E-state index >= 15 is 0 Å². The lowest BCUT2D eigenvalue weighted by Gasteiger charge is -2.09. The van der Waals surface area contributed by atoms with Crippen molar-refractivity contribution in [2.45, 2.75) is 6.54 Å². The third-order valence-electron chi connectivity index (χ3n) is 2.09. The molecule has 5 heteroatoms. The molecule has 0 bridgehead atoms. The van der Waals surface area contributed by atoms with E-state index in [1.165, 1.54) is 0 Å². The minimum absolute atomic E-state index is 0.571. The second-order valence-corrected chi connectivity index (χ2v) is 3.77. The van der Waals surface area contributed by atoms with Gasteiger partial charge in [0.05, 0.1) is 12.2 Å². The lowest BCUT2D eigenvalue weighted by Crippen LogP contribution is -2.28. The van der Waals surface area contributed by atoms with Gasteiger partial charge in [-0.05, 0) is 36.5 Å². The summed E-state index contributed by atoms with van der Waals surface area (Å²) < 4.78 is 0. The van der Waals surface area contributed by atoms with Gasteiger partial charge < -0.3 is 10.6 Å². The van der Waals surface area contributed by atoms with Crippen LogP contribution in [0, 0.1) is 0 Å². The maximum atomic E-state index is 5.16. The van der Waals surface area contributed by atoms with Gasteiger partial charge in [-0.1, -0.05) is 6.07 Å². The SMILES string of the molecule is S=C(NCc1ccccn1)Nc1ccncc1. The monoisotopic (exact) mass is 244 g/mol. The Morgan fingerprint density at radius 1 is 1.12 bits per heavy atom. The minimum Gasteiger partial charge on any atom is -0.357 e. The lowest BCUT2D eigenvalue weighted by molar-refractivity contribution is 0.882. The van der Waals surface area contributed by atoms with Crippen LogP contribution >= 0.6 is 12.2 Å². The summed E-state index contributed by atoms with van der Waals surface area (Å²) >= 11 is 5.16. The van der Waals surface area contributed by atoms with Crippen molar-refractivity contribution >= 4 is 23.0 Å². The van der Waals surface area contributed by atoms with Crippen LogP contribution in [0.15, 0.2) is 48.9 Å². The first-order chi connectivity index (χ1) is 8.34. The standard InChI is InChI=1S/C12H12N4S/c17-12(16-10-4-7-13-8-5-10)15-9-11-3-1-2-6-14-11/h1-8H,9H2,(H2,13,15,16,17). The zero-order valence-electron chi connectivity index (χ0n) is 9.13. The van der Waals surface area contributed by atoms with Crippen LogP contribution in [0.1, 0.15) is 5.69 Å². The number of pyridine rings is 2. The van der Waals surface area contributed by atoms with Crippen molar-refractivity contribution in [2.24, 2.45) is 0 Å². The van der Waals surface area contributed by atoms with Crippen molar-refractivity contribution in [3.63, 3.8) is 0 Å². The molecule has 0 aliphatic carbocycles. The topological polar surface area (TPSA) is 49.8 Å². The van der Waals surface area contributed by atoms with Gasteiger partial charge >= 0.3 is 0 Å². The van der Waals surface area contributed by atoms with Crippen LogP contribution in [-0.4, -0.2) is 15.1 Å². The van der Waals surface area contributed by atoms with Gasteiger partial charge in [-0.3, -0.25) is 9.97 Å². The normalized spacial score (nSPS) is 9.65. The van der Waals surface area contributed by atoms with E-state index in [-0.39, 0.29) is 0 Å². The van der Waals surface area contributed by atoms with Gasteiger partial charge in [-0.25, -0.2) is 0 Å². The van der Waals surface area contributed by atoms with Crippen LogP contribution in [0.2, 0.25) is 0 Å². The van der Waals surface area contributed by atoms with Gasteiger partial charge in [0.15, 0.2) is 5.11 Å². The molecule has 86 valence electrons. The Bertz CT molecular complexity index is 472. The van der Waals surface area contributed by atoms with E-state index in [4.69, 9.17) is 12.2 Å². The summed E-state index contributed by atoms with van der Waals surface area (Å²) in [5, 5.41) is 6.72. The highest BCUT2D eigenvalue weighted by Gasteiger charge is 1.97. The molecule has 2 rings (SSSR count). The Labute approximate surface area is 105 Å². The van der Waals surface area contributed by atoms with Crippen molar-refractivity contribution in [1.29, 1.82) is 0 Å². The summed E-state index contributed by atoms with van der Waals surface area (Å²) in [5.41, 5.74) is 1.87. The van der Waals surface area contributed by atoms with Gasteiger partial charge in [0, 0.05) is 24.3 Å². The summed E-state index contributed by atoms with van der Waals surface area (Å²) in [4.78, 5) is 8.13. The number of nitrogens with one attached hydrogen (secondary N) is 2. The predicted octanol–water partition coefficient (Wildman–Crippen LogP) is 1.96. The van der Waals surface area contributed by atoms with Crippen LogP contribution in [-0.2, 0) is 6.54 Å². The zero-order valence-corrected chi connectivity index (χ0v) is 9.95. The first-order valence-electron chi connectivity index (χ1n) is 5.19. The molecule has 2 heterocycles. The van der Waals surface area contributed by atoms with Crippen LogP contribution < -0.4 is 10.6 Å². The third kappa shape index (κ3) is 3.81. The molecule has 0 radical (unpaired) electrons. The number of rotatable bonds is 3. The molecule has 4 nitrogen and oxygen atoms in total. The smallest absolute Gasteiger partial charge is 0.171 e. The fourth-order valence-corrected chi connectivity index (χ4v) is 1.47. The first-order valence-corrected chi connectivity index (χ1v) is 5.60. The highest BCUT2D eigenvalue weighted by Crippen LogP contribution is 2.02. The Kier molecular flexibility index (Phi) is 3.99. The van der Waals surface area contributed by atoms with Gasteiger partial charge in [0.2, 0.25) is 0 Å². The molecule has 0 atom stereocenters. The molecule has 0 unspecified atom stereocenters. The number of hydrogen-bond donors (Lipinski definition) is 2. The minimum atomic E-state index is 0.571. The maximum Gasteiger partial charge on any atom is 0.171 e.